The van der Waals surface area contributed by atoms with Crippen LogP contribution in [0.1, 0.15) is 18.4 Å². The lowest BCUT2D eigenvalue weighted by atomic mass is 10.2. The van der Waals surface area contributed by atoms with Crippen molar-refractivity contribution in [2.24, 2.45) is 0 Å². The fourth-order valence-electron chi connectivity index (χ4n) is 1.15. The molecule has 0 saturated heterocycles. The molecule has 1 aliphatic carbocycles. The van der Waals surface area contributed by atoms with Crippen molar-refractivity contribution in [2.75, 3.05) is 7.11 Å². The minimum atomic E-state index is 0.815. The second kappa shape index (κ2) is 5.73. The summed E-state index contributed by atoms with van der Waals surface area (Å²) in [6.07, 6.45) is 2.74. The van der Waals surface area contributed by atoms with Crippen LogP contribution in [-0.4, -0.2) is 18.3 Å². The molecule has 0 amide bonds. The Morgan fingerprint density at radius 1 is 1.23 bits per heavy atom. The summed E-state index contributed by atoms with van der Waals surface area (Å²) in [6.45, 7) is 1.03. The van der Waals surface area contributed by atoms with Gasteiger partial charge in [0.1, 0.15) is 0 Å². The summed E-state index contributed by atoms with van der Waals surface area (Å²) in [4.78, 5) is 0. The minimum Gasteiger partial charge on any atom is -0.400 e. The van der Waals surface area contributed by atoms with Gasteiger partial charge in [-0.15, -0.1) is 0 Å². The van der Waals surface area contributed by atoms with E-state index < -0.39 is 0 Å². The molecule has 0 aromatic heterocycles. The Bertz CT molecular complexity index is 219. The lowest BCUT2D eigenvalue weighted by Gasteiger charge is -2.00. The molecule has 1 saturated carbocycles. The molecular weight excluding hydrogens is 162 g/mol. The van der Waals surface area contributed by atoms with Crippen LogP contribution in [0.5, 0.6) is 0 Å². The van der Waals surface area contributed by atoms with Crippen molar-refractivity contribution in [1.82, 2.24) is 5.32 Å². The van der Waals surface area contributed by atoms with Crippen molar-refractivity contribution >= 4 is 0 Å². The standard InChI is InChI=1S/C10H13N.CH4O/c1-2-4-9(5-3-1)8-11-10-6-7-10;1-2/h1-5,10-11H,6-8H2;2H,1H3. The number of hydrogen-bond donors (Lipinski definition) is 2. The molecule has 1 aromatic carbocycles. The number of aliphatic hydroxyl groups is 1. The Hall–Kier alpha value is -0.860. The monoisotopic (exact) mass is 179 g/mol. The molecule has 0 bridgehead atoms. The summed E-state index contributed by atoms with van der Waals surface area (Å²) >= 11 is 0. The number of nitrogens with one attached hydrogen (secondary N) is 1. The quantitative estimate of drug-likeness (QED) is 0.738. The van der Waals surface area contributed by atoms with E-state index >= 15 is 0 Å². The smallest absolute Gasteiger partial charge is 0.0319 e. The van der Waals surface area contributed by atoms with Gasteiger partial charge in [0.05, 0.1) is 0 Å². The zero-order valence-electron chi connectivity index (χ0n) is 8.03. The van der Waals surface area contributed by atoms with Crippen molar-refractivity contribution in [3.63, 3.8) is 0 Å². The Morgan fingerprint density at radius 2 is 1.85 bits per heavy atom. The fourth-order valence-corrected chi connectivity index (χ4v) is 1.15. The van der Waals surface area contributed by atoms with Crippen LogP contribution >= 0.6 is 0 Å². The van der Waals surface area contributed by atoms with Crippen LogP contribution in [0.15, 0.2) is 30.3 Å². The highest BCUT2D eigenvalue weighted by molar-refractivity contribution is 5.14. The zero-order valence-corrected chi connectivity index (χ0v) is 8.03. The summed E-state index contributed by atoms with van der Waals surface area (Å²) in [7, 11) is 1.00. The van der Waals surface area contributed by atoms with Crippen LogP contribution < -0.4 is 5.32 Å². The maximum atomic E-state index is 7.00. The lowest BCUT2D eigenvalue weighted by molar-refractivity contribution is 0.399. The van der Waals surface area contributed by atoms with E-state index in [1.54, 1.807) is 0 Å². The van der Waals surface area contributed by atoms with E-state index in [4.69, 9.17) is 5.11 Å². The van der Waals surface area contributed by atoms with E-state index in [-0.39, 0.29) is 0 Å². The van der Waals surface area contributed by atoms with Gasteiger partial charge in [0.15, 0.2) is 0 Å². The summed E-state index contributed by atoms with van der Waals surface area (Å²) in [5, 5.41) is 10.5. The highest BCUT2D eigenvalue weighted by atomic mass is 16.2. The Balaban J connectivity index is 0.000000396. The van der Waals surface area contributed by atoms with Crippen molar-refractivity contribution < 1.29 is 5.11 Å². The molecule has 0 atom stereocenters. The van der Waals surface area contributed by atoms with Gasteiger partial charge in [-0.3, -0.25) is 0 Å². The van der Waals surface area contributed by atoms with Crippen LogP contribution in [0.3, 0.4) is 0 Å². The third kappa shape index (κ3) is 4.06. The van der Waals surface area contributed by atoms with Crippen LogP contribution in [0.4, 0.5) is 0 Å². The summed E-state index contributed by atoms with van der Waals surface area (Å²) in [5.74, 6) is 0. The molecule has 1 fully saturated rings. The highest BCUT2D eigenvalue weighted by Gasteiger charge is 2.19. The molecule has 1 aliphatic rings. The summed E-state index contributed by atoms with van der Waals surface area (Å²) < 4.78 is 0. The molecular formula is C11H17NO. The third-order valence-electron chi connectivity index (χ3n) is 2.02. The highest BCUT2D eigenvalue weighted by Crippen LogP contribution is 2.19. The maximum absolute atomic E-state index is 7.00. The molecule has 0 spiro atoms. The first-order valence-corrected chi connectivity index (χ1v) is 4.67. The van der Waals surface area contributed by atoms with E-state index in [1.807, 2.05) is 0 Å². The van der Waals surface area contributed by atoms with Gasteiger partial charge in [0.25, 0.3) is 0 Å². The van der Waals surface area contributed by atoms with Crippen LogP contribution in [0.2, 0.25) is 0 Å². The molecule has 0 aliphatic heterocycles. The van der Waals surface area contributed by atoms with Crippen molar-refractivity contribution in [3.05, 3.63) is 35.9 Å². The van der Waals surface area contributed by atoms with E-state index in [1.165, 1.54) is 18.4 Å². The first kappa shape index (κ1) is 10.2. The van der Waals surface area contributed by atoms with Gasteiger partial charge in [-0.1, -0.05) is 30.3 Å². The van der Waals surface area contributed by atoms with Crippen LogP contribution in [0.25, 0.3) is 0 Å². The van der Waals surface area contributed by atoms with E-state index in [0.717, 1.165) is 19.7 Å². The molecule has 0 heterocycles. The largest absolute Gasteiger partial charge is 0.400 e. The van der Waals surface area contributed by atoms with Gasteiger partial charge in [0.2, 0.25) is 0 Å². The third-order valence-corrected chi connectivity index (χ3v) is 2.02. The van der Waals surface area contributed by atoms with Crippen LogP contribution in [-0.2, 0) is 6.54 Å². The Kier molecular flexibility index (Phi) is 4.50. The summed E-state index contributed by atoms with van der Waals surface area (Å²) in [5.41, 5.74) is 1.39. The maximum Gasteiger partial charge on any atom is 0.0319 e. The second-order valence-electron chi connectivity index (χ2n) is 3.14. The fraction of sp³-hybridized carbons (Fsp3) is 0.455. The Labute approximate surface area is 79.6 Å². The molecule has 2 heteroatoms. The van der Waals surface area contributed by atoms with Crippen molar-refractivity contribution in [1.29, 1.82) is 0 Å². The van der Waals surface area contributed by atoms with E-state index in [2.05, 4.69) is 35.6 Å². The van der Waals surface area contributed by atoms with Crippen LogP contribution in [0, 0.1) is 0 Å². The second-order valence-corrected chi connectivity index (χ2v) is 3.14. The number of aliphatic hydroxyl groups excluding tert-OH is 1. The van der Waals surface area contributed by atoms with Gasteiger partial charge in [-0.25, -0.2) is 0 Å². The predicted octanol–water partition coefficient (Wildman–Crippen LogP) is 1.55. The molecule has 13 heavy (non-hydrogen) atoms. The first-order chi connectivity index (χ1) is 6.45. The average Bonchev–Trinajstić information content (AvgIpc) is 3.03. The molecule has 1 aromatic rings. The topological polar surface area (TPSA) is 32.3 Å². The normalized spacial score (nSPS) is 14.6. The van der Waals surface area contributed by atoms with E-state index in [0.29, 0.717) is 0 Å². The average molecular weight is 179 g/mol. The van der Waals surface area contributed by atoms with Gasteiger partial charge in [-0.2, -0.15) is 0 Å². The van der Waals surface area contributed by atoms with Gasteiger partial charge in [-0.05, 0) is 18.4 Å². The minimum absolute atomic E-state index is 0.815. The Morgan fingerprint density at radius 3 is 2.38 bits per heavy atom. The molecule has 2 N–H and O–H groups in total. The van der Waals surface area contributed by atoms with Gasteiger partial charge < -0.3 is 10.4 Å². The molecule has 72 valence electrons. The number of benzene rings is 1. The first-order valence-electron chi connectivity index (χ1n) is 4.67. The number of hydrogen-bond acceptors (Lipinski definition) is 2. The van der Waals surface area contributed by atoms with Crippen molar-refractivity contribution in [2.45, 2.75) is 25.4 Å². The van der Waals surface area contributed by atoms with Gasteiger partial charge in [0, 0.05) is 19.7 Å². The van der Waals surface area contributed by atoms with Crippen molar-refractivity contribution in [3.8, 4) is 0 Å². The zero-order chi connectivity index (χ0) is 9.52. The number of rotatable bonds is 3. The SMILES string of the molecule is CO.c1ccc(CNC2CC2)cc1. The lowest BCUT2D eigenvalue weighted by Crippen LogP contribution is -2.14. The molecule has 2 nitrogen and oxygen atoms in total. The molecule has 2 rings (SSSR count). The van der Waals surface area contributed by atoms with E-state index in [9.17, 15) is 0 Å². The predicted molar refractivity (Wildman–Crippen MR) is 54.4 cm³/mol. The summed E-state index contributed by atoms with van der Waals surface area (Å²) in [6, 6.07) is 11.4. The molecule has 0 radical (unpaired) electrons. The molecule has 0 unspecified atom stereocenters. The van der Waals surface area contributed by atoms with Gasteiger partial charge >= 0.3 is 0 Å².